The summed E-state index contributed by atoms with van der Waals surface area (Å²) in [6.45, 7) is 14.8. The quantitative estimate of drug-likeness (QED) is 0.127. The molecule has 1 aliphatic rings. The van der Waals surface area contributed by atoms with E-state index in [1.165, 1.54) is 21.0 Å². The number of carbonyl (C=O) groups is 2. The highest BCUT2D eigenvalue weighted by molar-refractivity contribution is 6.00. The van der Waals surface area contributed by atoms with Gasteiger partial charge in [0.05, 0.1) is 11.8 Å². The summed E-state index contributed by atoms with van der Waals surface area (Å²) < 4.78 is 11.5. The molecule has 0 aliphatic carbocycles. The van der Waals surface area contributed by atoms with Gasteiger partial charge in [0.25, 0.3) is 0 Å². The zero-order valence-corrected chi connectivity index (χ0v) is 24.6. The molecule has 0 amide bonds. The summed E-state index contributed by atoms with van der Waals surface area (Å²) in [5, 5.41) is 27.3. The molecule has 0 aromatic heterocycles. The minimum absolute atomic E-state index is 0.188. The molecule has 0 aromatic rings. The van der Waals surface area contributed by atoms with Crippen LogP contribution in [0.3, 0.4) is 0 Å². The van der Waals surface area contributed by atoms with Gasteiger partial charge < -0.3 is 29.4 Å². The number of hydrogen-bond donors (Lipinski definition) is 2. The molecule has 0 aromatic carbocycles. The summed E-state index contributed by atoms with van der Waals surface area (Å²) in [5.74, 6) is -1.90. The Morgan fingerprint density at radius 2 is 1.87 bits per heavy atom. The second kappa shape index (κ2) is 14.2. The number of allylic oxidation sites excluding steroid dienone is 1. The van der Waals surface area contributed by atoms with Crippen LogP contribution in [0.5, 0.6) is 0 Å². The number of rotatable bonds is 7. The van der Waals surface area contributed by atoms with Crippen molar-refractivity contribution in [2.24, 2.45) is 34.7 Å². The van der Waals surface area contributed by atoms with Crippen molar-refractivity contribution in [2.45, 2.75) is 77.8 Å². The maximum absolute atomic E-state index is 13.4. The third-order valence-corrected chi connectivity index (χ3v) is 8.13. The zero-order chi connectivity index (χ0) is 29.4. The first-order valence-corrected chi connectivity index (χ1v) is 13.3. The van der Waals surface area contributed by atoms with Crippen LogP contribution in [0.1, 0.15) is 54.4 Å². The largest absolute Gasteiger partial charge is 0.459 e. The number of aliphatic hydroxyl groups excluding tert-OH is 1. The number of Topliss-reactive ketones (excluding diaryl/α,β-unsaturated/α-hetero) is 1. The normalized spacial score (nSPS) is 38.8. The number of methoxy groups -OCH3 is 1. The Balaban J connectivity index is 3.78. The van der Waals surface area contributed by atoms with Crippen LogP contribution in [0.15, 0.2) is 17.8 Å². The maximum atomic E-state index is 13.4. The third kappa shape index (κ3) is 7.44. The molecule has 9 heteroatoms. The molecular formula is C29H48N2O7. The Kier molecular flexibility index (Phi) is 12.6. The fraction of sp³-hybridized carbons (Fsp3) is 0.759. The number of cyclic esters (lactones) is 1. The van der Waals surface area contributed by atoms with Gasteiger partial charge in [-0.1, -0.05) is 44.8 Å². The van der Waals surface area contributed by atoms with Gasteiger partial charge in [-0.3, -0.25) is 9.59 Å². The molecule has 0 radical (unpaired) electrons. The predicted molar refractivity (Wildman–Crippen MR) is 147 cm³/mol. The lowest BCUT2D eigenvalue weighted by molar-refractivity contribution is -0.186. The third-order valence-electron chi connectivity index (χ3n) is 8.13. The maximum Gasteiger partial charge on any atom is 0.316 e. The van der Waals surface area contributed by atoms with Gasteiger partial charge in [0, 0.05) is 37.3 Å². The van der Waals surface area contributed by atoms with Gasteiger partial charge in [0.1, 0.15) is 35.6 Å². The van der Waals surface area contributed by atoms with Gasteiger partial charge in [-0.25, -0.2) is 0 Å². The van der Waals surface area contributed by atoms with Crippen molar-refractivity contribution in [3.63, 3.8) is 0 Å². The van der Waals surface area contributed by atoms with E-state index in [4.69, 9.17) is 20.7 Å². The molecule has 2 N–H and O–H groups in total. The van der Waals surface area contributed by atoms with Crippen LogP contribution in [0.25, 0.3) is 0 Å². The predicted octanol–water partition coefficient (Wildman–Crippen LogP) is 2.69. The minimum atomic E-state index is -1.86. The van der Waals surface area contributed by atoms with Crippen molar-refractivity contribution in [2.75, 3.05) is 34.4 Å². The van der Waals surface area contributed by atoms with Crippen LogP contribution in [-0.2, 0) is 23.9 Å². The lowest BCUT2D eigenvalue weighted by atomic mass is 9.70. The molecular weight excluding hydrogens is 488 g/mol. The highest BCUT2D eigenvalue weighted by Crippen LogP contribution is 2.38. The molecule has 216 valence electrons. The van der Waals surface area contributed by atoms with E-state index in [0.29, 0.717) is 18.9 Å². The number of esters is 1. The van der Waals surface area contributed by atoms with Crippen molar-refractivity contribution < 1.29 is 34.1 Å². The molecule has 9 nitrogen and oxygen atoms in total. The van der Waals surface area contributed by atoms with Crippen molar-refractivity contribution in [3.05, 3.63) is 12.7 Å². The van der Waals surface area contributed by atoms with Crippen LogP contribution in [0, 0.1) is 41.9 Å². The fourth-order valence-electron chi connectivity index (χ4n) is 5.05. The topological polar surface area (TPSA) is 118 Å². The summed E-state index contributed by atoms with van der Waals surface area (Å²) in [6, 6.07) is 0. The lowest BCUT2D eigenvalue weighted by Gasteiger charge is -2.42. The standard InChI is InChI=1S/C29H48N2O7/c1-12-22-17-29(14-3,36-11)21(7)18(4)25(32)20(6)27(34)38-23(13-2)28(8,35)26(33)19(5)24(22)30-37-16-15-31(9)10/h3,12,18-23,26,33,35H,1,13,15-17H2,2,4-11H3/b30-24-/t18-,19+,20-,21-,22-,23-,26-,28-,29-/m1/s1. The number of carbonyl (C=O) groups excluding carboxylic acids is 2. The number of hydrogen-bond acceptors (Lipinski definition) is 9. The van der Waals surface area contributed by atoms with Gasteiger partial charge in [-0.15, -0.1) is 13.0 Å². The van der Waals surface area contributed by atoms with E-state index < -0.39 is 59.0 Å². The monoisotopic (exact) mass is 536 g/mol. The van der Waals surface area contributed by atoms with Gasteiger partial charge in [0.15, 0.2) is 0 Å². The second-order valence-electron chi connectivity index (χ2n) is 10.9. The Hall–Kier alpha value is -2.25. The van der Waals surface area contributed by atoms with Gasteiger partial charge in [-0.05, 0) is 40.8 Å². The van der Waals surface area contributed by atoms with E-state index in [1.54, 1.807) is 26.8 Å². The molecule has 0 bridgehead atoms. The number of likely N-dealkylation sites (N-methyl/N-ethyl adjacent to an activating group) is 1. The zero-order valence-electron chi connectivity index (χ0n) is 24.6. The van der Waals surface area contributed by atoms with Crippen LogP contribution < -0.4 is 0 Å². The van der Waals surface area contributed by atoms with Crippen molar-refractivity contribution in [3.8, 4) is 12.3 Å². The van der Waals surface area contributed by atoms with E-state index in [0.717, 1.165) is 0 Å². The van der Waals surface area contributed by atoms with E-state index in [-0.39, 0.29) is 18.6 Å². The molecule has 0 unspecified atom stereocenters. The molecule has 1 heterocycles. The smallest absolute Gasteiger partial charge is 0.316 e. The van der Waals surface area contributed by atoms with Crippen LogP contribution >= 0.6 is 0 Å². The molecule has 1 aliphatic heterocycles. The van der Waals surface area contributed by atoms with Crippen molar-refractivity contribution in [1.82, 2.24) is 4.90 Å². The number of ether oxygens (including phenoxy) is 2. The Bertz CT molecular complexity index is 894. The summed E-state index contributed by atoms with van der Waals surface area (Å²) in [4.78, 5) is 34.0. The summed E-state index contributed by atoms with van der Waals surface area (Å²) in [7, 11) is 5.30. The number of ketones is 1. The van der Waals surface area contributed by atoms with Crippen LogP contribution in [-0.4, -0.2) is 90.3 Å². The van der Waals surface area contributed by atoms with Crippen molar-refractivity contribution >= 4 is 17.5 Å². The molecule has 38 heavy (non-hydrogen) atoms. The summed E-state index contributed by atoms with van der Waals surface area (Å²) in [6.07, 6.45) is 5.61. The minimum Gasteiger partial charge on any atom is -0.459 e. The fourth-order valence-corrected chi connectivity index (χ4v) is 5.05. The van der Waals surface area contributed by atoms with E-state index >= 15 is 0 Å². The van der Waals surface area contributed by atoms with E-state index in [9.17, 15) is 19.8 Å². The average Bonchev–Trinajstić information content (AvgIpc) is 2.89. The Morgan fingerprint density at radius 1 is 1.26 bits per heavy atom. The van der Waals surface area contributed by atoms with Crippen LogP contribution in [0.2, 0.25) is 0 Å². The second-order valence-corrected chi connectivity index (χ2v) is 10.9. The Labute approximate surface area is 228 Å². The molecule has 0 saturated carbocycles. The summed E-state index contributed by atoms with van der Waals surface area (Å²) in [5.41, 5.74) is -2.69. The van der Waals surface area contributed by atoms with Gasteiger partial charge in [0.2, 0.25) is 0 Å². The molecule has 0 spiro atoms. The lowest BCUT2D eigenvalue weighted by Crippen LogP contribution is -2.56. The summed E-state index contributed by atoms with van der Waals surface area (Å²) >= 11 is 0. The number of terminal acetylenes is 1. The van der Waals surface area contributed by atoms with Crippen LogP contribution in [0.4, 0.5) is 0 Å². The van der Waals surface area contributed by atoms with Gasteiger partial charge >= 0.3 is 5.97 Å². The molecule has 9 atom stereocenters. The van der Waals surface area contributed by atoms with E-state index in [1.807, 2.05) is 25.9 Å². The number of aliphatic hydroxyl groups is 2. The molecule has 1 fully saturated rings. The number of nitrogens with zero attached hydrogens (tertiary/aromatic N) is 2. The highest BCUT2D eigenvalue weighted by Gasteiger charge is 2.49. The molecule has 1 saturated heterocycles. The van der Waals surface area contributed by atoms with Gasteiger partial charge in [-0.2, -0.15) is 0 Å². The first-order valence-electron chi connectivity index (χ1n) is 13.3. The highest BCUT2D eigenvalue weighted by atomic mass is 16.6. The molecule has 1 rings (SSSR count). The SMILES string of the molecule is C#C[C@@]1(OC)C[C@@H](C=C)/C(=N\OCCN(C)C)[C@H](C)[C@@H](O)[C@](C)(O)[C@@H](CC)OC(=O)[C@H](C)C(=O)[C@H](C)[C@H]1C. The Morgan fingerprint density at radius 3 is 2.34 bits per heavy atom. The first kappa shape index (κ1) is 33.8. The average molecular weight is 537 g/mol. The number of oxime groups is 1. The van der Waals surface area contributed by atoms with E-state index in [2.05, 4.69) is 17.7 Å². The first-order chi connectivity index (χ1) is 17.6. The van der Waals surface area contributed by atoms with Crippen molar-refractivity contribution in [1.29, 1.82) is 0 Å².